The third-order valence-corrected chi connectivity index (χ3v) is 5.27. The van der Waals surface area contributed by atoms with E-state index in [1.165, 1.54) is 0 Å². The number of benzene rings is 2. The molecular weight excluding hydrogens is 392 g/mol. The van der Waals surface area contributed by atoms with Crippen LogP contribution in [0.5, 0.6) is 0 Å². The van der Waals surface area contributed by atoms with Crippen LogP contribution in [0, 0.1) is 13.8 Å². The first-order chi connectivity index (χ1) is 15.6. The molecule has 3 heterocycles. The van der Waals surface area contributed by atoms with Crippen LogP contribution in [0.2, 0.25) is 0 Å². The summed E-state index contributed by atoms with van der Waals surface area (Å²) in [5, 5.41) is 2.30. The third-order valence-electron chi connectivity index (χ3n) is 5.27. The maximum atomic E-state index is 4.51. The van der Waals surface area contributed by atoms with Crippen molar-refractivity contribution in [1.82, 2.24) is 19.9 Å². The summed E-state index contributed by atoms with van der Waals surface area (Å²) >= 11 is 0. The van der Waals surface area contributed by atoms with Crippen LogP contribution in [0.1, 0.15) is 33.6 Å². The van der Waals surface area contributed by atoms with Crippen LogP contribution in [-0.2, 0) is 0 Å². The number of aromatic nitrogens is 4. The second kappa shape index (κ2) is 8.52. The number of aryl methyl sites for hydroxylation is 2. The Kier molecular flexibility index (Phi) is 5.26. The van der Waals surface area contributed by atoms with Crippen molar-refractivity contribution in [1.29, 1.82) is 0 Å². The molecule has 0 saturated heterocycles. The molecule has 5 aromatic rings. The molecule has 0 radical (unpaired) electrons. The normalized spacial score (nSPS) is 11.8. The van der Waals surface area contributed by atoms with Crippen molar-refractivity contribution >= 4 is 46.1 Å². The minimum atomic E-state index is 0.810. The van der Waals surface area contributed by atoms with Crippen LogP contribution in [0.15, 0.2) is 73.3 Å². The van der Waals surface area contributed by atoms with E-state index in [-0.39, 0.29) is 0 Å². The predicted octanol–water partition coefficient (Wildman–Crippen LogP) is 6.53. The van der Waals surface area contributed by atoms with E-state index in [2.05, 4.69) is 82.3 Å². The second-order valence-electron chi connectivity index (χ2n) is 7.96. The SMILES string of the molecule is Cc1cnc2cc(C=Cc3cnc(C=Cc4ccc5cc(C)cnc5c4)cn3)ccc2c1. The first kappa shape index (κ1) is 19.8. The molecule has 0 unspecified atom stereocenters. The van der Waals surface area contributed by atoms with E-state index in [9.17, 15) is 0 Å². The van der Waals surface area contributed by atoms with Gasteiger partial charge in [0.05, 0.1) is 34.8 Å². The standard InChI is InChI=1S/C28H22N4/c1-19-11-23-7-3-21(13-27(23)31-15-19)5-9-25-17-30-26(18-29-25)10-6-22-4-8-24-12-20(2)16-32-28(24)14-22/h3-18H,1-2H3. The molecule has 0 aliphatic heterocycles. The molecule has 4 heteroatoms. The maximum Gasteiger partial charge on any atom is 0.0813 e. The minimum Gasteiger partial charge on any atom is -0.256 e. The topological polar surface area (TPSA) is 51.6 Å². The molecule has 0 amide bonds. The Labute approximate surface area is 187 Å². The van der Waals surface area contributed by atoms with Crippen LogP contribution >= 0.6 is 0 Å². The molecule has 0 atom stereocenters. The van der Waals surface area contributed by atoms with E-state index in [0.29, 0.717) is 0 Å². The number of fused-ring (bicyclic) bond motifs is 2. The van der Waals surface area contributed by atoms with Crippen molar-refractivity contribution in [3.8, 4) is 0 Å². The van der Waals surface area contributed by atoms with Crippen molar-refractivity contribution in [2.24, 2.45) is 0 Å². The van der Waals surface area contributed by atoms with Crippen LogP contribution < -0.4 is 0 Å². The Balaban J connectivity index is 1.29. The lowest BCUT2D eigenvalue weighted by molar-refractivity contribution is 1.16. The molecule has 0 bridgehead atoms. The van der Waals surface area contributed by atoms with Gasteiger partial charge in [0, 0.05) is 23.2 Å². The van der Waals surface area contributed by atoms with Gasteiger partial charge in [0.25, 0.3) is 0 Å². The van der Waals surface area contributed by atoms with Gasteiger partial charge in [-0.2, -0.15) is 0 Å². The summed E-state index contributed by atoms with van der Waals surface area (Å²) in [5.41, 5.74) is 8.09. The predicted molar refractivity (Wildman–Crippen MR) is 133 cm³/mol. The van der Waals surface area contributed by atoms with E-state index in [0.717, 1.165) is 55.4 Å². The lowest BCUT2D eigenvalue weighted by atomic mass is 10.1. The molecule has 0 saturated carbocycles. The Morgan fingerprint density at radius 1 is 0.500 bits per heavy atom. The van der Waals surface area contributed by atoms with Crippen LogP contribution in [0.4, 0.5) is 0 Å². The first-order valence-corrected chi connectivity index (χ1v) is 10.5. The number of rotatable bonds is 4. The summed E-state index contributed by atoms with van der Waals surface area (Å²) in [6.45, 7) is 4.11. The minimum absolute atomic E-state index is 0.810. The number of hydrogen-bond acceptors (Lipinski definition) is 4. The number of pyridine rings is 2. The van der Waals surface area contributed by atoms with Gasteiger partial charge in [-0.25, -0.2) is 0 Å². The van der Waals surface area contributed by atoms with Crippen molar-refractivity contribution in [2.75, 3.05) is 0 Å². The first-order valence-electron chi connectivity index (χ1n) is 10.5. The molecule has 0 fully saturated rings. The van der Waals surface area contributed by atoms with Crippen LogP contribution in [-0.4, -0.2) is 19.9 Å². The highest BCUT2D eigenvalue weighted by Crippen LogP contribution is 2.18. The fourth-order valence-electron chi connectivity index (χ4n) is 3.59. The fourth-order valence-corrected chi connectivity index (χ4v) is 3.59. The highest BCUT2D eigenvalue weighted by atomic mass is 14.8. The molecule has 0 N–H and O–H groups in total. The summed E-state index contributed by atoms with van der Waals surface area (Å²) in [5.74, 6) is 0. The monoisotopic (exact) mass is 414 g/mol. The lowest BCUT2D eigenvalue weighted by Gasteiger charge is -2.01. The van der Waals surface area contributed by atoms with Gasteiger partial charge < -0.3 is 0 Å². The Morgan fingerprint density at radius 2 is 0.969 bits per heavy atom. The van der Waals surface area contributed by atoms with Crippen molar-refractivity contribution in [2.45, 2.75) is 13.8 Å². The number of nitrogens with zero attached hydrogens (tertiary/aromatic N) is 4. The van der Waals surface area contributed by atoms with Crippen LogP contribution in [0.3, 0.4) is 0 Å². The Morgan fingerprint density at radius 3 is 1.41 bits per heavy atom. The Hall–Kier alpha value is -4.18. The van der Waals surface area contributed by atoms with Gasteiger partial charge in [0.1, 0.15) is 0 Å². The molecule has 32 heavy (non-hydrogen) atoms. The van der Waals surface area contributed by atoms with Gasteiger partial charge in [-0.15, -0.1) is 0 Å². The summed E-state index contributed by atoms with van der Waals surface area (Å²) in [6, 6.07) is 16.8. The van der Waals surface area contributed by atoms with Crippen molar-refractivity contribution in [3.63, 3.8) is 0 Å². The van der Waals surface area contributed by atoms with Gasteiger partial charge >= 0.3 is 0 Å². The quantitative estimate of drug-likeness (QED) is 0.335. The van der Waals surface area contributed by atoms with Gasteiger partial charge in [-0.3, -0.25) is 19.9 Å². The highest BCUT2D eigenvalue weighted by molar-refractivity contribution is 5.84. The molecule has 154 valence electrons. The smallest absolute Gasteiger partial charge is 0.0813 e. The third kappa shape index (κ3) is 4.44. The average Bonchev–Trinajstić information content (AvgIpc) is 2.82. The van der Waals surface area contributed by atoms with E-state index < -0.39 is 0 Å². The Bertz CT molecular complexity index is 1370. The zero-order valence-electron chi connectivity index (χ0n) is 18.0. The van der Waals surface area contributed by atoms with E-state index in [1.54, 1.807) is 12.4 Å². The number of hydrogen-bond donors (Lipinski definition) is 0. The van der Waals surface area contributed by atoms with Gasteiger partial charge in [0.2, 0.25) is 0 Å². The molecule has 3 aromatic heterocycles. The molecular formula is C28H22N4. The second-order valence-corrected chi connectivity index (χ2v) is 7.96. The summed E-state index contributed by atoms with van der Waals surface area (Å²) in [6.07, 6.45) is 15.3. The summed E-state index contributed by atoms with van der Waals surface area (Å²) < 4.78 is 0. The maximum absolute atomic E-state index is 4.51. The average molecular weight is 415 g/mol. The summed E-state index contributed by atoms with van der Waals surface area (Å²) in [7, 11) is 0. The largest absolute Gasteiger partial charge is 0.256 e. The van der Waals surface area contributed by atoms with E-state index >= 15 is 0 Å². The lowest BCUT2D eigenvalue weighted by Crippen LogP contribution is -1.87. The molecule has 2 aromatic carbocycles. The molecule has 4 nitrogen and oxygen atoms in total. The van der Waals surface area contributed by atoms with Gasteiger partial charge in [0.15, 0.2) is 0 Å². The zero-order valence-corrected chi connectivity index (χ0v) is 18.0. The van der Waals surface area contributed by atoms with Crippen molar-refractivity contribution < 1.29 is 0 Å². The molecule has 0 spiro atoms. The van der Waals surface area contributed by atoms with E-state index in [1.807, 2.05) is 36.7 Å². The fraction of sp³-hybridized carbons (Fsp3) is 0.0714. The highest BCUT2D eigenvalue weighted by Gasteiger charge is 1.99. The van der Waals surface area contributed by atoms with Crippen LogP contribution in [0.25, 0.3) is 46.1 Å². The van der Waals surface area contributed by atoms with Gasteiger partial charge in [-0.1, -0.05) is 36.4 Å². The molecule has 0 aliphatic carbocycles. The molecule has 5 rings (SSSR count). The van der Waals surface area contributed by atoms with E-state index in [4.69, 9.17) is 0 Å². The van der Waals surface area contributed by atoms with Crippen molar-refractivity contribution in [3.05, 3.63) is 107 Å². The zero-order chi connectivity index (χ0) is 21.9. The molecule has 0 aliphatic rings. The summed E-state index contributed by atoms with van der Waals surface area (Å²) in [4.78, 5) is 18.0. The van der Waals surface area contributed by atoms with Gasteiger partial charge in [-0.05, 0) is 72.5 Å².